The Morgan fingerprint density at radius 1 is 0.976 bits per heavy atom. The molecule has 3 unspecified atom stereocenters. The number of imide groups is 1. The molecule has 2 aromatic carbocycles. The molecule has 0 aliphatic carbocycles. The van der Waals surface area contributed by atoms with Gasteiger partial charge in [0.2, 0.25) is 11.8 Å². The molecule has 4 aliphatic heterocycles. The van der Waals surface area contributed by atoms with Crippen LogP contribution in [-0.2, 0) is 22.7 Å². The van der Waals surface area contributed by atoms with Crippen molar-refractivity contribution < 1.29 is 23.6 Å². The van der Waals surface area contributed by atoms with Gasteiger partial charge in [0, 0.05) is 73.1 Å². The van der Waals surface area contributed by atoms with Gasteiger partial charge >= 0.3 is 0 Å². The highest BCUT2D eigenvalue weighted by Gasteiger charge is 2.42. The van der Waals surface area contributed by atoms with Crippen LogP contribution in [0.5, 0.6) is 0 Å². The van der Waals surface area contributed by atoms with Crippen molar-refractivity contribution in [3.05, 3.63) is 88.9 Å². The van der Waals surface area contributed by atoms with E-state index in [1.54, 1.807) is 30.5 Å². The molecule has 1 aromatic heterocycles. The van der Waals surface area contributed by atoms with Gasteiger partial charge in [-0.2, -0.15) is 0 Å². The molecule has 0 spiro atoms. The fourth-order valence-electron chi connectivity index (χ4n) is 6.90. The van der Waals surface area contributed by atoms with E-state index in [9.17, 15) is 19.2 Å². The van der Waals surface area contributed by atoms with E-state index in [1.807, 2.05) is 35.2 Å². The highest BCUT2D eigenvalue weighted by atomic mass is 19.1. The first-order chi connectivity index (χ1) is 20.4. The van der Waals surface area contributed by atoms with Crippen molar-refractivity contribution in [1.29, 1.82) is 0 Å². The summed E-state index contributed by atoms with van der Waals surface area (Å²) in [5, 5.41) is 2.31. The number of hydrogen-bond acceptors (Lipinski definition) is 6. The topological polar surface area (TPSA) is 103 Å². The molecule has 3 aromatic rings. The largest absolute Gasteiger partial charge is 0.336 e. The third-order valence-electron chi connectivity index (χ3n) is 9.06. The van der Waals surface area contributed by atoms with Crippen LogP contribution in [0.2, 0.25) is 0 Å². The van der Waals surface area contributed by atoms with Crippen LogP contribution in [0.1, 0.15) is 57.5 Å². The van der Waals surface area contributed by atoms with Gasteiger partial charge in [-0.25, -0.2) is 4.39 Å². The molecule has 1 N–H and O–H groups in total. The van der Waals surface area contributed by atoms with Crippen LogP contribution in [0, 0.1) is 5.82 Å². The molecule has 9 nitrogen and oxygen atoms in total. The summed E-state index contributed by atoms with van der Waals surface area (Å²) in [7, 11) is 0. The monoisotopic (exact) mass is 567 g/mol. The van der Waals surface area contributed by atoms with Gasteiger partial charge < -0.3 is 9.80 Å². The Kier molecular flexibility index (Phi) is 6.57. The van der Waals surface area contributed by atoms with Gasteiger partial charge in [0.05, 0.1) is 0 Å². The van der Waals surface area contributed by atoms with Crippen molar-refractivity contribution in [3.63, 3.8) is 0 Å². The van der Waals surface area contributed by atoms with E-state index >= 15 is 4.39 Å². The van der Waals surface area contributed by atoms with Gasteiger partial charge in [-0.3, -0.25) is 34.4 Å². The molecular weight excluding hydrogens is 537 g/mol. The number of rotatable bonds is 5. The Morgan fingerprint density at radius 3 is 2.48 bits per heavy atom. The Balaban J connectivity index is 1.08. The van der Waals surface area contributed by atoms with Crippen LogP contribution in [-0.4, -0.2) is 74.5 Å². The predicted molar refractivity (Wildman–Crippen MR) is 150 cm³/mol. The number of pyridine rings is 1. The van der Waals surface area contributed by atoms with Crippen molar-refractivity contribution in [3.8, 4) is 11.3 Å². The van der Waals surface area contributed by atoms with Gasteiger partial charge in [0.25, 0.3) is 11.8 Å². The van der Waals surface area contributed by atoms with E-state index in [1.165, 1.54) is 4.90 Å². The van der Waals surface area contributed by atoms with Crippen LogP contribution in [0.4, 0.5) is 4.39 Å². The number of piperidine rings is 1. The maximum absolute atomic E-state index is 16.0. The Morgan fingerprint density at radius 2 is 1.74 bits per heavy atom. The first-order valence-electron chi connectivity index (χ1n) is 14.4. The summed E-state index contributed by atoms with van der Waals surface area (Å²) in [5.41, 5.74) is 3.18. The van der Waals surface area contributed by atoms with E-state index < -0.39 is 17.8 Å². The van der Waals surface area contributed by atoms with Gasteiger partial charge in [0.1, 0.15) is 11.7 Å². The van der Waals surface area contributed by atoms with E-state index in [0.29, 0.717) is 47.5 Å². The number of hydrogen-bond donors (Lipinski definition) is 1. The van der Waals surface area contributed by atoms with Crippen molar-refractivity contribution in [2.75, 3.05) is 13.1 Å². The van der Waals surface area contributed by atoms with E-state index in [2.05, 4.69) is 15.2 Å². The second kappa shape index (κ2) is 10.4. The molecule has 42 heavy (non-hydrogen) atoms. The number of benzene rings is 2. The highest BCUT2D eigenvalue weighted by Crippen LogP contribution is 2.35. The molecule has 3 saturated heterocycles. The van der Waals surface area contributed by atoms with Crippen molar-refractivity contribution in [1.82, 2.24) is 25.0 Å². The molecule has 0 radical (unpaired) electrons. The number of amides is 4. The molecule has 7 rings (SSSR count). The van der Waals surface area contributed by atoms with Crippen molar-refractivity contribution in [2.24, 2.45) is 0 Å². The summed E-state index contributed by atoms with van der Waals surface area (Å²) in [6, 6.07) is 15.8. The van der Waals surface area contributed by atoms with Crippen LogP contribution < -0.4 is 5.32 Å². The lowest BCUT2D eigenvalue weighted by Crippen LogP contribution is -2.54. The van der Waals surface area contributed by atoms with Gasteiger partial charge in [-0.05, 0) is 55.2 Å². The number of carbonyl (C=O) groups excluding carboxylic acids is 4. The van der Waals surface area contributed by atoms with E-state index in [0.717, 1.165) is 12.8 Å². The molecule has 2 bridgehead atoms. The van der Waals surface area contributed by atoms with E-state index in [-0.39, 0.29) is 54.9 Å². The molecule has 4 aliphatic rings. The Hall–Kier alpha value is -4.44. The normalized spacial score (nSPS) is 23.7. The Bertz CT molecular complexity index is 1600. The number of likely N-dealkylation sites (tertiary alicyclic amines) is 1. The molecule has 5 heterocycles. The second-order valence-corrected chi connectivity index (χ2v) is 11.5. The average Bonchev–Trinajstić information content (AvgIpc) is 3.43. The summed E-state index contributed by atoms with van der Waals surface area (Å²) in [5.74, 6) is -1.43. The summed E-state index contributed by atoms with van der Waals surface area (Å²) in [6.07, 6.45) is 4.01. The molecule has 4 amide bonds. The fraction of sp³-hybridized carbons (Fsp3) is 0.344. The van der Waals surface area contributed by atoms with Crippen LogP contribution in [0.3, 0.4) is 0 Å². The lowest BCUT2D eigenvalue weighted by atomic mass is 10.0. The number of halogens is 1. The third-order valence-corrected chi connectivity index (χ3v) is 9.06. The fourth-order valence-corrected chi connectivity index (χ4v) is 6.90. The molecule has 0 saturated carbocycles. The number of aromatic nitrogens is 1. The summed E-state index contributed by atoms with van der Waals surface area (Å²) < 4.78 is 16.0. The number of nitrogens with one attached hydrogen (secondary N) is 1. The number of fused-ring (bicyclic) bond motifs is 3. The second-order valence-electron chi connectivity index (χ2n) is 11.5. The first-order valence-corrected chi connectivity index (χ1v) is 14.4. The van der Waals surface area contributed by atoms with Crippen molar-refractivity contribution in [2.45, 2.75) is 56.9 Å². The number of nitrogens with zero attached hydrogens (tertiary/aromatic N) is 4. The maximum atomic E-state index is 16.0. The first kappa shape index (κ1) is 26.5. The standard InChI is InChI=1S/C32H30FN5O4/c33-28-21(15-37-23-7-8-24(37)18-36(17-23)31(41)19-4-2-1-3-5-19)12-13-34-29(28)20-6-9-25-22(14-20)16-38(32(25)42)26-10-11-27(39)35-30(26)40/h1-6,9,12-14,23-24,26H,7-8,10-11,15-18H2,(H,35,39,40). The van der Waals surface area contributed by atoms with E-state index in [4.69, 9.17) is 0 Å². The molecule has 3 atom stereocenters. The minimum atomic E-state index is -0.705. The molecule has 214 valence electrons. The summed E-state index contributed by atoms with van der Waals surface area (Å²) in [4.78, 5) is 60.1. The predicted octanol–water partition coefficient (Wildman–Crippen LogP) is 3.14. The highest BCUT2D eigenvalue weighted by molar-refractivity contribution is 6.05. The lowest BCUT2D eigenvalue weighted by Gasteiger charge is -2.41. The van der Waals surface area contributed by atoms with Gasteiger partial charge in [-0.1, -0.05) is 24.3 Å². The summed E-state index contributed by atoms with van der Waals surface area (Å²) in [6.45, 7) is 1.88. The van der Waals surface area contributed by atoms with Crippen LogP contribution >= 0.6 is 0 Å². The zero-order chi connectivity index (χ0) is 29.0. The smallest absolute Gasteiger partial charge is 0.255 e. The molecule has 3 fully saturated rings. The minimum absolute atomic E-state index is 0.0378. The van der Waals surface area contributed by atoms with Gasteiger partial charge in [-0.15, -0.1) is 0 Å². The quantitative estimate of drug-likeness (QED) is 0.476. The lowest BCUT2D eigenvalue weighted by molar-refractivity contribution is -0.136. The minimum Gasteiger partial charge on any atom is -0.336 e. The zero-order valence-corrected chi connectivity index (χ0v) is 23.0. The molecular formula is C32H30FN5O4. The van der Waals surface area contributed by atoms with Crippen LogP contribution in [0.25, 0.3) is 11.3 Å². The van der Waals surface area contributed by atoms with Crippen LogP contribution in [0.15, 0.2) is 60.8 Å². The van der Waals surface area contributed by atoms with Gasteiger partial charge in [0.15, 0.2) is 5.82 Å². The zero-order valence-electron chi connectivity index (χ0n) is 23.0. The molecule has 10 heteroatoms. The summed E-state index contributed by atoms with van der Waals surface area (Å²) >= 11 is 0. The van der Waals surface area contributed by atoms with Crippen molar-refractivity contribution >= 4 is 23.6 Å². The SMILES string of the molecule is O=C1CCC(N2Cc3cc(-c4nccc(CN5C6CCC5CN(C(=O)c5ccccc5)C6)c4F)ccc3C2=O)C(=O)N1. The number of carbonyl (C=O) groups is 4. The third kappa shape index (κ3) is 4.56. The average molecular weight is 568 g/mol. The number of piperazine rings is 1. The maximum Gasteiger partial charge on any atom is 0.255 e. The Labute approximate surface area is 242 Å².